The number of carbonyl (C=O) groups excluding carboxylic acids is 1. The van der Waals surface area contributed by atoms with Gasteiger partial charge in [0.05, 0.1) is 5.60 Å². The summed E-state index contributed by atoms with van der Waals surface area (Å²) in [5.41, 5.74) is 0.733. The number of hydrogen-bond acceptors (Lipinski definition) is 2. The third-order valence-electron chi connectivity index (χ3n) is 10.8. The lowest BCUT2D eigenvalue weighted by Gasteiger charge is -2.57. The average Bonchev–Trinajstić information content (AvgIpc) is 3.14. The lowest BCUT2D eigenvalue weighted by Crippen LogP contribution is -2.52. The fourth-order valence-electron chi connectivity index (χ4n) is 9.15. The fourth-order valence-corrected chi connectivity index (χ4v) is 9.15. The first-order chi connectivity index (χ1) is 15.2. The van der Waals surface area contributed by atoms with Crippen LogP contribution >= 0.6 is 0 Å². The molecule has 4 aliphatic rings. The molecule has 0 radical (unpaired) electrons. The summed E-state index contributed by atoms with van der Waals surface area (Å²) in [6.07, 6.45) is 11.2. The van der Waals surface area contributed by atoms with Crippen LogP contribution in [0.2, 0.25) is 0 Å². The number of nitrogens with zero attached hydrogens (tertiary/aromatic N) is 1. The molecule has 1 amide bonds. The van der Waals surface area contributed by atoms with E-state index in [4.69, 9.17) is 0 Å². The van der Waals surface area contributed by atoms with Crippen molar-refractivity contribution in [2.75, 3.05) is 7.05 Å². The van der Waals surface area contributed by atoms with Crippen LogP contribution in [-0.4, -0.2) is 34.6 Å². The molecule has 3 heteroatoms. The molecule has 2 unspecified atom stereocenters. The van der Waals surface area contributed by atoms with E-state index in [1.807, 2.05) is 42.3 Å². The van der Waals surface area contributed by atoms with Gasteiger partial charge in [-0.1, -0.05) is 25.1 Å². The van der Waals surface area contributed by atoms with Gasteiger partial charge in [-0.3, -0.25) is 4.79 Å². The minimum absolute atomic E-state index is 0.161. The minimum atomic E-state index is -0.430. The fraction of sp³-hybridized carbons (Fsp3) is 0.759. The molecule has 3 nitrogen and oxygen atoms in total. The van der Waals surface area contributed by atoms with E-state index in [0.29, 0.717) is 11.3 Å². The van der Waals surface area contributed by atoms with Crippen LogP contribution in [0.1, 0.15) is 88.9 Å². The predicted molar refractivity (Wildman–Crippen MR) is 129 cm³/mol. The molecule has 9 atom stereocenters. The van der Waals surface area contributed by atoms with Gasteiger partial charge in [-0.15, -0.1) is 0 Å². The van der Waals surface area contributed by atoms with E-state index in [1.165, 1.54) is 44.9 Å². The highest BCUT2D eigenvalue weighted by atomic mass is 16.3. The Labute approximate surface area is 195 Å². The van der Waals surface area contributed by atoms with E-state index in [9.17, 15) is 9.90 Å². The molecule has 0 aromatic heterocycles. The topological polar surface area (TPSA) is 40.5 Å². The second-order valence-electron chi connectivity index (χ2n) is 12.4. The van der Waals surface area contributed by atoms with E-state index in [-0.39, 0.29) is 11.9 Å². The molecule has 1 aromatic rings. The molecule has 4 fully saturated rings. The monoisotopic (exact) mass is 437 g/mol. The summed E-state index contributed by atoms with van der Waals surface area (Å²) in [5.74, 6) is 4.90. The smallest absolute Gasteiger partial charge is 0.253 e. The summed E-state index contributed by atoms with van der Waals surface area (Å²) < 4.78 is 0. The first-order valence-electron chi connectivity index (χ1n) is 13.3. The van der Waals surface area contributed by atoms with Crippen molar-refractivity contribution in [2.24, 2.45) is 40.9 Å². The van der Waals surface area contributed by atoms with Gasteiger partial charge in [-0.25, -0.2) is 0 Å². The molecule has 1 N–H and O–H groups in total. The lowest BCUT2D eigenvalue weighted by molar-refractivity contribution is -0.103. The third kappa shape index (κ3) is 3.63. The van der Waals surface area contributed by atoms with Crippen molar-refractivity contribution in [3.8, 4) is 0 Å². The number of aliphatic hydroxyl groups is 1. The molecule has 1 aromatic carbocycles. The number of amides is 1. The second kappa shape index (κ2) is 8.15. The summed E-state index contributed by atoms with van der Waals surface area (Å²) in [6.45, 7) is 6.93. The van der Waals surface area contributed by atoms with Gasteiger partial charge in [-0.2, -0.15) is 0 Å². The van der Waals surface area contributed by atoms with Crippen molar-refractivity contribution in [3.63, 3.8) is 0 Å². The molecule has 176 valence electrons. The Morgan fingerprint density at radius 1 is 0.969 bits per heavy atom. The molecule has 5 rings (SSSR count). The molecular formula is C29H43NO2. The van der Waals surface area contributed by atoms with Gasteiger partial charge in [0.1, 0.15) is 0 Å². The van der Waals surface area contributed by atoms with Crippen LogP contribution in [0.25, 0.3) is 0 Å². The zero-order chi connectivity index (χ0) is 22.7. The van der Waals surface area contributed by atoms with E-state index < -0.39 is 5.60 Å². The summed E-state index contributed by atoms with van der Waals surface area (Å²) in [7, 11) is 2.02. The Morgan fingerprint density at radius 2 is 1.69 bits per heavy atom. The van der Waals surface area contributed by atoms with Crippen LogP contribution in [0.5, 0.6) is 0 Å². The van der Waals surface area contributed by atoms with Crippen LogP contribution in [0.3, 0.4) is 0 Å². The highest BCUT2D eigenvalue weighted by molar-refractivity contribution is 5.94. The van der Waals surface area contributed by atoms with E-state index >= 15 is 0 Å². The zero-order valence-electron chi connectivity index (χ0n) is 20.6. The first-order valence-corrected chi connectivity index (χ1v) is 13.3. The maximum atomic E-state index is 13.2. The highest BCUT2D eigenvalue weighted by Gasteiger charge is 2.58. The Balaban J connectivity index is 1.31. The van der Waals surface area contributed by atoms with Gasteiger partial charge in [0.15, 0.2) is 0 Å². The van der Waals surface area contributed by atoms with Crippen molar-refractivity contribution in [1.29, 1.82) is 0 Å². The Kier molecular flexibility index (Phi) is 5.72. The van der Waals surface area contributed by atoms with Gasteiger partial charge >= 0.3 is 0 Å². The number of benzene rings is 1. The predicted octanol–water partition coefficient (Wildman–Crippen LogP) is 6.17. The molecule has 0 aliphatic heterocycles. The van der Waals surface area contributed by atoms with Gasteiger partial charge < -0.3 is 10.0 Å². The van der Waals surface area contributed by atoms with E-state index in [0.717, 1.165) is 48.0 Å². The SMILES string of the molecule is C[C@@H]([C@H]1CCC2[C@@H]3CC[C@@H]4C[C@](C)(O)CC[C@@H]4C3CC[C@@]21C)N(C)C(=O)c1ccccc1. The maximum Gasteiger partial charge on any atom is 0.253 e. The van der Waals surface area contributed by atoms with Gasteiger partial charge in [0, 0.05) is 18.7 Å². The largest absolute Gasteiger partial charge is 0.390 e. The zero-order valence-corrected chi connectivity index (χ0v) is 20.6. The van der Waals surface area contributed by atoms with Crippen LogP contribution in [-0.2, 0) is 0 Å². The van der Waals surface area contributed by atoms with Crippen molar-refractivity contribution in [2.45, 2.75) is 90.2 Å². The van der Waals surface area contributed by atoms with Crippen LogP contribution in [0.15, 0.2) is 30.3 Å². The maximum absolute atomic E-state index is 13.2. The molecular weight excluding hydrogens is 394 g/mol. The number of fused-ring (bicyclic) bond motifs is 5. The summed E-state index contributed by atoms with van der Waals surface area (Å²) in [5, 5.41) is 10.6. The van der Waals surface area contributed by atoms with E-state index in [2.05, 4.69) is 20.8 Å². The summed E-state index contributed by atoms with van der Waals surface area (Å²) in [6, 6.07) is 10.0. The lowest BCUT2D eigenvalue weighted by atomic mass is 9.48. The Hall–Kier alpha value is -1.35. The van der Waals surface area contributed by atoms with Crippen LogP contribution < -0.4 is 0 Å². The van der Waals surface area contributed by atoms with Crippen LogP contribution in [0, 0.1) is 40.9 Å². The Morgan fingerprint density at radius 3 is 2.44 bits per heavy atom. The van der Waals surface area contributed by atoms with Gasteiger partial charge in [-0.05, 0) is 125 Å². The third-order valence-corrected chi connectivity index (χ3v) is 10.8. The standard InChI is InChI=1S/C29H43NO2/c1-19(30(4)27(31)20-8-6-5-7-9-20)25-12-13-26-24-11-10-21-18-28(2,32)16-14-22(21)23(24)15-17-29(25,26)3/h5-9,19,21-26,32H,10-18H2,1-4H3/t19-,21+,22-,23?,24+,25+,26?,28+,29+/m0/s1. The molecule has 4 aliphatic carbocycles. The number of hydrogen-bond donors (Lipinski definition) is 1. The Bertz CT molecular complexity index is 835. The minimum Gasteiger partial charge on any atom is -0.390 e. The van der Waals surface area contributed by atoms with Crippen molar-refractivity contribution < 1.29 is 9.90 Å². The summed E-state index contributed by atoms with van der Waals surface area (Å²) >= 11 is 0. The molecule has 4 saturated carbocycles. The quantitative estimate of drug-likeness (QED) is 0.614. The number of carbonyl (C=O) groups is 1. The van der Waals surface area contributed by atoms with Crippen LogP contribution in [0.4, 0.5) is 0 Å². The molecule has 32 heavy (non-hydrogen) atoms. The number of rotatable bonds is 3. The van der Waals surface area contributed by atoms with E-state index in [1.54, 1.807) is 0 Å². The molecule has 0 saturated heterocycles. The molecule has 0 bridgehead atoms. The average molecular weight is 438 g/mol. The van der Waals surface area contributed by atoms with Crippen molar-refractivity contribution in [3.05, 3.63) is 35.9 Å². The summed E-state index contributed by atoms with van der Waals surface area (Å²) in [4.78, 5) is 15.2. The van der Waals surface area contributed by atoms with Crippen molar-refractivity contribution >= 4 is 5.91 Å². The van der Waals surface area contributed by atoms with Crippen molar-refractivity contribution in [1.82, 2.24) is 4.90 Å². The molecule has 0 spiro atoms. The molecule has 0 heterocycles. The van der Waals surface area contributed by atoms with Gasteiger partial charge in [0.2, 0.25) is 0 Å². The van der Waals surface area contributed by atoms with Gasteiger partial charge in [0.25, 0.3) is 5.91 Å². The normalized spacial score (nSPS) is 44.2. The first kappa shape index (κ1) is 22.4. The second-order valence-corrected chi connectivity index (χ2v) is 12.4. The highest BCUT2D eigenvalue weighted by Crippen LogP contribution is 2.65.